The van der Waals surface area contributed by atoms with E-state index in [-0.39, 0.29) is 22.4 Å². The van der Waals surface area contributed by atoms with Crippen molar-refractivity contribution in [3.05, 3.63) is 47.4 Å². The maximum Gasteiger partial charge on any atom is 0.289 e. The fraction of sp³-hybridized carbons (Fsp3) is 0.222. The van der Waals surface area contributed by atoms with E-state index < -0.39 is 0 Å². The number of nitrogens with one attached hydrogen (secondary N) is 3. The minimum absolute atomic E-state index is 0.0517. The third-order valence-corrected chi connectivity index (χ3v) is 4.12. The van der Waals surface area contributed by atoms with Gasteiger partial charge in [0.15, 0.2) is 5.58 Å². The molecule has 0 unspecified atom stereocenters. The van der Waals surface area contributed by atoms with Crippen molar-refractivity contribution in [2.24, 2.45) is 0 Å². The van der Waals surface area contributed by atoms with Gasteiger partial charge in [-0.15, -0.1) is 0 Å². The number of aromatic nitrogens is 1. The van der Waals surface area contributed by atoms with Crippen LogP contribution < -0.4 is 16.0 Å². The van der Waals surface area contributed by atoms with Gasteiger partial charge in [-0.25, -0.2) is 0 Å². The number of carbonyl (C=O) groups excluding carboxylic acids is 1. The van der Waals surface area contributed by atoms with Gasteiger partial charge in [-0.1, -0.05) is 11.6 Å². The number of hydrogen-bond acceptors (Lipinski definition) is 6. The molecule has 0 fully saturated rings. The molecule has 1 amide bonds. The second kappa shape index (κ2) is 8.07. The molecule has 0 aliphatic heterocycles. The minimum Gasteiger partial charge on any atom is -0.506 e. The summed E-state index contributed by atoms with van der Waals surface area (Å²) in [4.78, 5) is 16.6. The summed E-state index contributed by atoms with van der Waals surface area (Å²) in [5.41, 5.74) is 1.58. The van der Waals surface area contributed by atoms with E-state index in [4.69, 9.17) is 16.0 Å². The number of nitrogens with zero attached hydrogens (tertiary/aromatic N) is 1. The Bertz CT molecular complexity index is 926. The summed E-state index contributed by atoms with van der Waals surface area (Å²) in [7, 11) is 1.86. The van der Waals surface area contributed by atoms with Crippen LogP contribution in [0.1, 0.15) is 17.0 Å². The fourth-order valence-corrected chi connectivity index (χ4v) is 2.63. The van der Waals surface area contributed by atoms with Crippen LogP contribution in [0.15, 0.2) is 41.1 Å². The van der Waals surface area contributed by atoms with Crippen LogP contribution in [0.2, 0.25) is 5.02 Å². The molecule has 8 heteroatoms. The van der Waals surface area contributed by atoms with Crippen LogP contribution in [0, 0.1) is 0 Å². The summed E-state index contributed by atoms with van der Waals surface area (Å²) in [5.74, 6) is -0.214. The number of anilines is 2. The Morgan fingerprint density at radius 2 is 2.15 bits per heavy atom. The van der Waals surface area contributed by atoms with Crippen molar-refractivity contribution in [2.75, 3.05) is 25.5 Å². The second-order valence-corrected chi connectivity index (χ2v) is 6.09. The van der Waals surface area contributed by atoms with Crippen LogP contribution >= 0.6 is 11.6 Å². The zero-order valence-electron chi connectivity index (χ0n) is 14.2. The molecule has 26 heavy (non-hydrogen) atoms. The van der Waals surface area contributed by atoms with Crippen LogP contribution in [-0.4, -0.2) is 36.1 Å². The van der Waals surface area contributed by atoms with E-state index in [1.165, 1.54) is 6.07 Å². The molecule has 1 aromatic carbocycles. The van der Waals surface area contributed by atoms with E-state index in [1.54, 1.807) is 30.6 Å². The van der Waals surface area contributed by atoms with Crippen molar-refractivity contribution >= 4 is 39.9 Å². The number of halogens is 1. The number of benzene rings is 1. The third kappa shape index (κ3) is 3.89. The lowest BCUT2D eigenvalue weighted by Crippen LogP contribution is -2.26. The van der Waals surface area contributed by atoms with Crippen molar-refractivity contribution in [2.45, 2.75) is 6.42 Å². The first kappa shape index (κ1) is 18.0. The highest BCUT2D eigenvalue weighted by Gasteiger charge is 2.21. The van der Waals surface area contributed by atoms with Gasteiger partial charge in [0.1, 0.15) is 5.75 Å². The highest BCUT2D eigenvalue weighted by atomic mass is 35.5. The van der Waals surface area contributed by atoms with Gasteiger partial charge >= 0.3 is 0 Å². The molecular formula is C18H19ClN4O3. The highest BCUT2D eigenvalue weighted by molar-refractivity contribution is 6.32. The van der Waals surface area contributed by atoms with Crippen molar-refractivity contribution in [1.29, 1.82) is 0 Å². The molecule has 7 nitrogen and oxygen atoms in total. The molecule has 0 aliphatic rings. The first-order chi connectivity index (χ1) is 12.6. The predicted molar refractivity (Wildman–Crippen MR) is 101 cm³/mol. The van der Waals surface area contributed by atoms with E-state index in [1.807, 2.05) is 7.05 Å². The maximum absolute atomic E-state index is 12.6. The zero-order valence-corrected chi connectivity index (χ0v) is 14.9. The molecule has 2 aromatic heterocycles. The summed E-state index contributed by atoms with van der Waals surface area (Å²) in [6.45, 7) is 1.33. The van der Waals surface area contributed by atoms with Gasteiger partial charge in [0.05, 0.1) is 16.9 Å². The Morgan fingerprint density at radius 3 is 2.92 bits per heavy atom. The molecule has 4 N–H and O–H groups in total. The molecule has 2 heterocycles. The number of hydrogen-bond donors (Lipinski definition) is 4. The highest BCUT2D eigenvalue weighted by Crippen LogP contribution is 2.34. The van der Waals surface area contributed by atoms with Crippen LogP contribution in [0.4, 0.5) is 11.4 Å². The van der Waals surface area contributed by atoms with E-state index in [2.05, 4.69) is 20.9 Å². The van der Waals surface area contributed by atoms with Crippen LogP contribution in [0.25, 0.3) is 11.0 Å². The van der Waals surface area contributed by atoms with Crippen LogP contribution in [0.3, 0.4) is 0 Å². The minimum atomic E-state index is -0.321. The van der Waals surface area contributed by atoms with Crippen molar-refractivity contribution < 1.29 is 14.3 Å². The Balaban J connectivity index is 1.91. The van der Waals surface area contributed by atoms with E-state index in [0.29, 0.717) is 23.5 Å². The third-order valence-electron chi connectivity index (χ3n) is 3.80. The Kier molecular flexibility index (Phi) is 5.60. The number of carbonyl (C=O) groups is 1. The lowest BCUT2D eigenvalue weighted by molar-refractivity contribution is 0.0929. The summed E-state index contributed by atoms with van der Waals surface area (Å²) in [6.07, 6.45) is 3.98. The average molecular weight is 375 g/mol. The summed E-state index contributed by atoms with van der Waals surface area (Å²) >= 11 is 5.85. The Labute approximate surface area is 155 Å². The molecule has 0 saturated heterocycles. The van der Waals surface area contributed by atoms with E-state index in [9.17, 15) is 9.90 Å². The largest absolute Gasteiger partial charge is 0.506 e. The smallest absolute Gasteiger partial charge is 0.289 e. The van der Waals surface area contributed by atoms with Gasteiger partial charge in [-0.05, 0) is 38.2 Å². The topological polar surface area (TPSA) is 99.4 Å². The van der Waals surface area contributed by atoms with Gasteiger partial charge in [0.2, 0.25) is 5.76 Å². The number of phenols is 1. The van der Waals surface area contributed by atoms with E-state index >= 15 is 0 Å². The van der Waals surface area contributed by atoms with Gasteiger partial charge in [-0.2, -0.15) is 0 Å². The summed E-state index contributed by atoms with van der Waals surface area (Å²) in [6, 6.07) is 6.52. The van der Waals surface area contributed by atoms with Gasteiger partial charge in [-0.3, -0.25) is 9.78 Å². The molecule has 3 rings (SSSR count). The summed E-state index contributed by atoms with van der Waals surface area (Å²) in [5, 5.41) is 19.8. The molecule has 3 aromatic rings. The van der Waals surface area contributed by atoms with Crippen molar-refractivity contribution in [3.8, 4) is 5.75 Å². The number of amides is 1. The van der Waals surface area contributed by atoms with E-state index in [0.717, 1.165) is 18.4 Å². The molecule has 0 saturated carbocycles. The first-order valence-electron chi connectivity index (χ1n) is 8.15. The number of pyridine rings is 1. The number of fused-ring (bicyclic) bond motifs is 1. The molecule has 0 aliphatic carbocycles. The standard InChI is InChI=1S/C18H19ClN4O3/c1-20-6-2-7-22-18(25)17-16(12-5-8-21-10-15(12)26-17)23-11-3-4-13(19)14(24)9-11/h3-5,8-10,20,23-24H,2,6-7H2,1H3,(H,22,25). The normalized spacial score (nSPS) is 10.8. The Hall–Kier alpha value is -2.77. The predicted octanol–water partition coefficient (Wildman–Crippen LogP) is 3.27. The number of phenolic OH excluding ortho intramolecular Hbond substituents is 1. The van der Waals surface area contributed by atoms with Gasteiger partial charge < -0.3 is 25.5 Å². The van der Waals surface area contributed by atoms with Crippen molar-refractivity contribution in [3.63, 3.8) is 0 Å². The zero-order chi connectivity index (χ0) is 18.5. The number of furan rings is 1. The molecule has 0 atom stereocenters. The molecule has 0 spiro atoms. The maximum atomic E-state index is 12.6. The summed E-state index contributed by atoms with van der Waals surface area (Å²) < 4.78 is 5.70. The SMILES string of the molecule is CNCCCNC(=O)c1oc2cnccc2c1Nc1ccc(Cl)c(O)c1. The molecule has 136 valence electrons. The van der Waals surface area contributed by atoms with Gasteiger partial charge in [0, 0.05) is 29.9 Å². The molecular weight excluding hydrogens is 356 g/mol. The lowest BCUT2D eigenvalue weighted by atomic mass is 10.2. The Morgan fingerprint density at radius 1 is 1.31 bits per heavy atom. The molecule has 0 radical (unpaired) electrons. The molecule has 0 bridgehead atoms. The monoisotopic (exact) mass is 374 g/mol. The fourth-order valence-electron chi connectivity index (χ4n) is 2.52. The number of aromatic hydroxyl groups is 1. The second-order valence-electron chi connectivity index (χ2n) is 5.68. The first-order valence-corrected chi connectivity index (χ1v) is 8.53. The van der Waals surface area contributed by atoms with Crippen molar-refractivity contribution in [1.82, 2.24) is 15.6 Å². The van der Waals surface area contributed by atoms with Crippen LogP contribution in [-0.2, 0) is 0 Å². The van der Waals surface area contributed by atoms with Gasteiger partial charge in [0.25, 0.3) is 5.91 Å². The lowest BCUT2D eigenvalue weighted by Gasteiger charge is -2.09. The van der Waals surface area contributed by atoms with Crippen LogP contribution in [0.5, 0.6) is 5.75 Å². The average Bonchev–Trinajstić information content (AvgIpc) is 3.00. The number of rotatable bonds is 7. The quantitative estimate of drug-likeness (QED) is 0.474.